The van der Waals surface area contributed by atoms with E-state index in [2.05, 4.69) is 15.3 Å². The van der Waals surface area contributed by atoms with Gasteiger partial charge in [-0.25, -0.2) is 9.97 Å². The number of carbonyl (C=O) groups is 1. The van der Waals surface area contributed by atoms with Gasteiger partial charge in [0.25, 0.3) is 0 Å². The number of halogens is 1. The summed E-state index contributed by atoms with van der Waals surface area (Å²) in [5, 5.41) is 3.08. The van der Waals surface area contributed by atoms with Gasteiger partial charge in [-0.15, -0.1) is 0 Å². The summed E-state index contributed by atoms with van der Waals surface area (Å²) in [4.78, 5) is 18.8. The van der Waals surface area contributed by atoms with Crippen LogP contribution in [-0.4, -0.2) is 38.5 Å². The van der Waals surface area contributed by atoms with Crippen molar-refractivity contribution in [3.05, 3.63) is 16.5 Å². The third-order valence-electron chi connectivity index (χ3n) is 2.07. The fourth-order valence-corrected chi connectivity index (χ4v) is 2.09. The Morgan fingerprint density at radius 2 is 2.18 bits per heavy atom. The zero-order chi connectivity index (χ0) is 12.8. The molecule has 94 valence electrons. The minimum absolute atomic E-state index is 0.131. The molecule has 1 atom stereocenters. The second-order valence-corrected chi connectivity index (χ2v) is 5.52. The summed E-state index contributed by atoms with van der Waals surface area (Å²) in [6.45, 7) is 4.03. The summed E-state index contributed by atoms with van der Waals surface area (Å²) in [5.41, 5.74) is 0.236. The van der Waals surface area contributed by atoms with Gasteiger partial charge in [0.2, 0.25) is 0 Å². The first kappa shape index (κ1) is 14.1. The van der Waals surface area contributed by atoms with Gasteiger partial charge in [-0.2, -0.15) is 0 Å². The van der Waals surface area contributed by atoms with Crippen molar-refractivity contribution in [2.45, 2.75) is 13.8 Å². The molecule has 1 heterocycles. The third-order valence-corrected chi connectivity index (χ3v) is 3.66. The fraction of sp³-hybridized carbons (Fsp3) is 0.500. The molecular weight excluding hydrogens is 262 g/mol. The summed E-state index contributed by atoms with van der Waals surface area (Å²) < 4.78 is 11.2. The number of aromatic nitrogens is 2. The number of aldehydes is 1. The highest BCUT2D eigenvalue weighted by molar-refractivity contribution is 7.84. The zero-order valence-corrected chi connectivity index (χ0v) is 11.3. The molecule has 1 aromatic heterocycles. The van der Waals surface area contributed by atoms with E-state index in [0.717, 1.165) is 0 Å². The highest BCUT2D eigenvalue weighted by Gasteiger charge is 2.10. The average Bonchev–Trinajstić information content (AvgIpc) is 2.28. The SMILES string of the molecule is CCS(=O)CCNc1nc(C)nc(Cl)c1C=O. The molecule has 0 aliphatic rings. The van der Waals surface area contributed by atoms with Gasteiger partial charge in [0.05, 0.1) is 5.56 Å². The second-order valence-electron chi connectivity index (χ2n) is 3.30. The number of rotatable bonds is 6. The van der Waals surface area contributed by atoms with Crippen molar-refractivity contribution in [1.29, 1.82) is 0 Å². The van der Waals surface area contributed by atoms with Gasteiger partial charge in [-0.05, 0) is 6.92 Å². The van der Waals surface area contributed by atoms with Crippen LogP contribution < -0.4 is 5.32 Å². The summed E-state index contributed by atoms with van der Waals surface area (Å²) in [6, 6.07) is 0. The van der Waals surface area contributed by atoms with E-state index in [1.54, 1.807) is 6.92 Å². The maximum Gasteiger partial charge on any atom is 0.156 e. The molecule has 1 unspecified atom stereocenters. The van der Waals surface area contributed by atoms with Crippen molar-refractivity contribution in [2.24, 2.45) is 0 Å². The zero-order valence-electron chi connectivity index (χ0n) is 9.70. The Kier molecular flexibility index (Phi) is 5.50. The van der Waals surface area contributed by atoms with Crippen molar-refractivity contribution < 1.29 is 9.00 Å². The van der Waals surface area contributed by atoms with Crippen LogP contribution in [0.2, 0.25) is 5.15 Å². The molecule has 0 saturated heterocycles. The Bertz CT molecular complexity index is 440. The summed E-state index contributed by atoms with van der Waals surface area (Å²) >= 11 is 5.82. The lowest BCUT2D eigenvalue weighted by Crippen LogP contribution is -2.15. The number of carbonyl (C=O) groups excluding carboxylic acids is 1. The van der Waals surface area contributed by atoms with Crippen LogP contribution in [0.5, 0.6) is 0 Å². The van der Waals surface area contributed by atoms with Crippen molar-refractivity contribution in [2.75, 3.05) is 23.4 Å². The van der Waals surface area contributed by atoms with Crippen LogP contribution in [0.1, 0.15) is 23.1 Å². The second kappa shape index (κ2) is 6.66. The van der Waals surface area contributed by atoms with Crippen molar-refractivity contribution in [3.63, 3.8) is 0 Å². The maximum absolute atomic E-state index is 11.2. The normalized spacial score (nSPS) is 12.2. The molecule has 0 aliphatic heterocycles. The molecule has 7 heteroatoms. The first-order valence-corrected chi connectivity index (χ1v) is 7.03. The fourth-order valence-electron chi connectivity index (χ4n) is 1.21. The summed E-state index contributed by atoms with van der Waals surface area (Å²) in [7, 11) is -0.847. The largest absolute Gasteiger partial charge is 0.368 e. The van der Waals surface area contributed by atoms with Gasteiger partial charge in [-0.1, -0.05) is 18.5 Å². The smallest absolute Gasteiger partial charge is 0.156 e. The van der Waals surface area contributed by atoms with E-state index in [0.29, 0.717) is 36.0 Å². The number of hydrogen-bond acceptors (Lipinski definition) is 5. The van der Waals surface area contributed by atoms with E-state index in [1.165, 1.54) is 0 Å². The van der Waals surface area contributed by atoms with Crippen molar-refractivity contribution >= 4 is 34.5 Å². The Hall–Kier alpha value is -1.01. The predicted octanol–water partition coefficient (Wildman–Crippen LogP) is 1.43. The molecule has 0 saturated carbocycles. The minimum atomic E-state index is -0.847. The number of aryl methyl sites for hydroxylation is 1. The summed E-state index contributed by atoms with van der Waals surface area (Å²) in [5.74, 6) is 2.01. The number of anilines is 1. The van der Waals surface area contributed by atoms with Crippen LogP contribution in [0.3, 0.4) is 0 Å². The Balaban J connectivity index is 2.76. The minimum Gasteiger partial charge on any atom is -0.368 e. The van der Waals surface area contributed by atoms with Crippen molar-refractivity contribution in [1.82, 2.24) is 9.97 Å². The molecule has 0 spiro atoms. The lowest BCUT2D eigenvalue weighted by Gasteiger charge is -2.08. The topological polar surface area (TPSA) is 72.0 Å². The Labute approximate surface area is 107 Å². The van der Waals surface area contributed by atoms with E-state index >= 15 is 0 Å². The molecule has 0 amide bonds. The molecule has 5 nitrogen and oxygen atoms in total. The predicted molar refractivity (Wildman–Crippen MR) is 69.2 cm³/mol. The Morgan fingerprint density at radius 3 is 2.76 bits per heavy atom. The molecule has 0 aromatic carbocycles. The quantitative estimate of drug-likeness (QED) is 0.628. The number of nitrogens with one attached hydrogen (secondary N) is 1. The molecule has 17 heavy (non-hydrogen) atoms. The first-order chi connectivity index (χ1) is 8.08. The molecule has 1 rings (SSSR count). The van der Waals surface area contributed by atoms with Gasteiger partial charge < -0.3 is 5.32 Å². The van der Waals surface area contributed by atoms with E-state index in [1.807, 2.05) is 6.92 Å². The van der Waals surface area contributed by atoms with E-state index < -0.39 is 10.8 Å². The van der Waals surface area contributed by atoms with Crippen LogP contribution in [0.25, 0.3) is 0 Å². The Morgan fingerprint density at radius 1 is 1.47 bits per heavy atom. The molecule has 0 aliphatic carbocycles. The maximum atomic E-state index is 11.2. The van der Waals surface area contributed by atoms with Gasteiger partial charge in [0, 0.05) is 28.9 Å². The van der Waals surface area contributed by atoms with Crippen LogP contribution in [0.15, 0.2) is 0 Å². The molecule has 0 radical (unpaired) electrons. The first-order valence-electron chi connectivity index (χ1n) is 5.16. The highest BCUT2D eigenvalue weighted by Crippen LogP contribution is 2.18. The van der Waals surface area contributed by atoms with Crippen LogP contribution in [0.4, 0.5) is 5.82 Å². The van der Waals surface area contributed by atoms with Gasteiger partial charge >= 0.3 is 0 Å². The average molecular weight is 276 g/mol. The lowest BCUT2D eigenvalue weighted by molar-refractivity contribution is 0.112. The van der Waals surface area contributed by atoms with Crippen LogP contribution in [-0.2, 0) is 10.8 Å². The monoisotopic (exact) mass is 275 g/mol. The van der Waals surface area contributed by atoms with E-state index in [-0.39, 0.29) is 10.7 Å². The van der Waals surface area contributed by atoms with Gasteiger partial charge in [0.15, 0.2) is 6.29 Å². The molecule has 1 aromatic rings. The van der Waals surface area contributed by atoms with Crippen LogP contribution in [0, 0.1) is 6.92 Å². The van der Waals surface area contributed by atoms with E-state index in [9.17, 15) is 9.00 Å². The number of nitrogens with zero attached hydrogens (tertiary/aromatic N) is 2. The van der Waals surface area contributed by atoms with Gasteiger partial charge in [0.1, 0.15) is 16.8 Å². The van der Waals surface area contributed by atoms with E-state index in [4.69, 9.17) is 11.6 Å². The molecular formula is C10H14ClN3O2S. The molecule has 0 fully saturated rings. The van der Waals surface area contributed by atoms with Crippen LogP contribution >= 0.6 is 11.6 Å². The molecule has 1 N–H and O–H groups in total. The lowest BCUT2D eigenvalue weighted by atomic mass is 10.3. The third kappa shape index (κ3) is 4.05. The summed E-state index contributed by atoms with van der Waals surface area (Å²) in [6.07, 6.45) is 0.612. The van der Waals surface area contributed by atoms with Crippen molar-refractivity contribution in [3.8, 4) is 0 Å². The van der Waals surface area contributed by atoms with Gasteiger partial charge in [-0.3, -0.25) is 9.00 Å². The highest BCUT2D eigenvalue weighted by atomic mass is 35.5. The number of hydrogen-bond donors (Lipinski definition) is 1. The standard InChI is InChI=1S/C10H14ClN3O2S/c1-3-17(16)5-4-12-10-8(6-15)9(11)13-7(2)14-10/h6H,3-5H2,1-2H3,(H,12,13,14). The molecule has 0 bridgehead atoms.